The molecule has 0 radical (unpaired) electrons. The maximum absolute atomic E-state index is 12.9. The first-order valence-electron chi connectivity index (χ1n) is 12.6. The Hall–Kier alpha value is -3.39. The molecule has 1 saturated heterocycles. The number of aromatic nitrogens is 1. The third-order valence-corrected chi connectivity index (χ3v) is 8.31. The second-order valence-corrected chi connectivity index (χ2v) is 10.9. The van der Waals surface area contributed by atoms with Crippen LogP contribution in [0.5, 0.6) is 5.88 Å². The van der Waals surface area contributed by atoms with Gasteiger partial charge < -0.3 is 14.9 Å². The lowest BCUT2D eigenvalue weighted by atomic mass is 9.91. The van der Waals surface area contributed by atoms with Crippen LogP contribution < -0.4 is 9.77 Å². The number of anilines is 1. The van der Waals surface area contributed by atoms with Crippen molar-refractivity contribution in [1.29, 1.82) is 0 Å². The highest BCUT2D eigenvalue weighted by atomic mass is 32.1. The summed E-state index contributed by atoms with van der Waals surface area (Å²) in [7, 11) is 0. The number of H-pyrrole nitrogens is 1. The van der Waals surface area contributed by atoms with E-state index in [1.807, 2.05) is 59.2 Å². The first kappa shape index (κ1) is 24.3. The summed E-state index contributed by atoms with van der Waals surface area (Å²) in [5.41, 5.74) is 4.99. The number of rotatable bonds is 6. The summed E-state index contributed by atoms with van der Waals surface area (Å²) in [6, 6.07) is 13.7. The molecule has 3 aromatic rings. The number of benzene rings is 2. The molecule has 5 rings (SSSR count). The third kappa shape index (κ3) is 5.09. The average molecular weight is 506 g/mol. The number of amides is 2. The Bertz CT molecular complexity index is 1320. The Kier molecular flexibility index (Phi) is 6.96. The van der Waals surface area contributed by atoms with Gasteiger partial charge in [-0.05, 0) is 67.9 Å². The molecule has 0 spiro atoms. The van der Waals surface area contributed by atoms with Gasteiger partial charge >= 0.3 is 4.87 Å². The molecule has 0 saturated carbocycles. The van der Waals surface area contributed by atoms with Gasteiger partial charge in [-0.25, -0.2) is 0 Å². The summed E-state index contributed by atoms with van der Waals surface area (Å²) in [5, 5.41) is 10.0. The monoisotopic (exact) mass is 505 g/mol. The topological polar surface area (TPSA) is 93.7 Å². The van der Waals surface area contributed by atoms with Gasteiger partial charge in [-0.15, -0.1) is 0 Å². The molecule has 36 heavy (non-hydrogen) atoms. The van der Waals surface area contributed by atoms with E-state index < -0.39 is 0 Å². The number of piperidine rings is 1. The zero-order chi connectivity index (χ0) is 25.2. The zero-order valence-corrected chi connectivity index (χ0v) is 21.3. The number of aromatic hydroxyl groups is 1. The molecule has 0 unspecified atom stereocenters. The molecule has 0 bridgehead atoms. The minimum Gasteiger partial charge on any atom is -0.494 e. The maximum Gasteiger partial charge on any atom is 0.307 e. The van der Waals surface area contributed by atoms with Crippen molar-refractivity contribution < 1.29 is 14.7 Å². The van der Waals surface area contributed by atoms with Gasteiger partial charge in [0.1, 0.15) is 0 Å². The number of nitrogens with zero attached hydrogens (tertiary/aromatic N) is 2. The first-order chi connectivity index (χ1) is 17.4. The normalized spacial score (nSPS) is 16.3. The predicted octanol–water partition coefficient (Wildman–Crippen LogP) is 4.26. The van der Waals surface area contributed by atoms with E-state index in [1.54, 1.807) is 0 Å². The summed E-state index contributed by atoms with van der Waals surface area (Å²) >= 11 is 1.02. The lowest BCUT2D eigenvalue weighted by molar-refractivity contribution is -0.118. The molecule has 2 aliphatic rings. The summed E-state index contributed by atoms with van der Waals surface area (Å²) < 4.78 is 0. The Morgan fingerprint density at radius 3 is 2.53 bits per heavy atom. The van der Waals surface area contributed by atoms with Gasteiger partial charge in [0.25, 0.3) is 5.91 Å². The lowest BCUT2D eigenvalue weighted by Gasteiger charge is -2.35. The van der Waals surface area contributed by atoms with E-state index in [4.69, 9.17) is 0 Å². The average Bonchev–Trinajstić information content (AvgIpc) is 3.20. The van der Waals surface area contributed by atoms with Crippen molar-refractivity contribution in [2.24, 2.45) is 5.92 Å². The smallest absolute Gasteiger partial charge is 0.307 e. The number of thiazole rings is 1. The van der Waals surface area contributed by atoms with Crippen LogP contribution in [0.25, 0.3) is 0 Å². The molecule has 2 amide bonds. The maximum atomic E-state index is 12.9. The standard InChI is InChI=1S/C28H31N3O4S/c1-18-5-7-20(8-6-18)27(34)30-14-11-19(12-15-30)13-16-31-23-4-2-3-21(22(23)9-10-25(31)32)17-24-26(33)29-28(35)36-24/h2-8,19,33H,9-17H2,1H3,(H,29,35). The number of hydrogen-bond acceptors (Lipinski definition) is 5. The summed E-state index contributed by atoms with van der Waals surface area (Å²) in [4.78, 5) is 43.9. The second-order valence-electron chi connectivity index (χ2n) is 9.81. The minimum absolute atomic E-state index is 0.0708. The van der Waals surface area contributed by atoms with E-state index in [0.29, 0.717) is 36.6 Å². The second kappa shape index (κ2) is 10.3. The van der Waals surface area contributed by atoms with Crippen LogP contribution in [-0.4, -0.2) is 46.4 Å². The van der Waals surface area contributed by atoms with E-state index in [-0.39, 0.29) is 22.6 Å². The molecule has 1 aromatic heterocycles. The van der Waals surface area contributed by atoms with Gasteiger partial charge in [-0.2, -0.15) is 0 Å². The van der Waals surface area contributed by atoms with Crippen molar-refractivity contribution in [3.05, 3.63) is 79.3 Å². The van der Waals surface area contributed by atoms with E-state index >= 15 is 0 Å². The van der Waals surface area contributed by atoms with E-state index in [2.05, 4.69) is 4.98 Å². The zero-order valence-electron chi connectivity index (χ0n) is 20.5. The fourth-order valence-electron chi connectivity index (χ4n) is 5.33. The Morgan fingerprint density at radius 1 is 1.08 bits per heavy atom. The number of likely N-dealkylation sites (tertiary alicyclic amines) is 1. The van der Waals surface area contributed by atoms with Crippen LogP contribution in [0.1, 0.15) is 57.6 Å². The van der Waals surface area contributed by atoms with Gasteiger partial charge in [0, 0.05) is 43.7 Å². The fourth-order valence-corrected chi connectivity index (χ4v) is 6.08. The number of carbonyl (C=O) groups excluding carboxylic acids is 2. The van der Waals surface area contributed by atoms with Crippen LogP contribution >= 0.6 is 11.3 Å². The Morgan fingerprint density at radius 2 is 1.83 bits per heavy atom. The van der Waals surface area contributed by atoms with Crippen molar-refractivity contribution in [3.8, 4) is 5.88 Å². The molecule has 2 N–H and O–H groups in total. The molecule has 2 aliphatic heterocycles. The number of hydrogen-bond donors (Lipinski definition) is 2. The summed E-state index contributed by atoms with van der Waals surface area (Å²) in [6.45, 7) is 4.17. The van der Waals surface area contributed by atoms with Gasteiger partial charge in [0.15, 0.2) is 0 Å². The van der Waals surface area contributed by atoms with Crippen molar-refractivity contribution >= 4 is 28.8 Å². The molecular formula is C28H31N3O4S. The molecule has 0 aliphatic carbocycles. The van der Waals surface area contributed by atoms with Crippen LogP contribution in [0.4, 0.5) is 5.69 Å². The summed E-state index contributed by atoms with van der Waals surface area (Å²) in [6.07, 6.45) is 4.38. The van der Waals surface area contributed by atoms with Crippen molar-refractivity contribution in [3.63, 3.8) is 0 Å². The van der Waals surface area contributed by atoms with E-state index in [1.165, 1.54) is 0 Å². The molecule has 7 nitrogen and oxygen atoms in total. The highest BCUT2D eigenvalue weighted by Gasteiger charge is 2.28. The van der Waals surface area contributed by atoms with E-state index in [9.17, 15) is 19.5 Å². The SMILES string of the molecule is Cc1ccc(C(=O)N2CCC(CCN3C(=O)CCc4c(Cc5sc(=O)[nH]c5O)cccc43)CC2)cc1. The van der Waals surface area contributed by atoms with Crippen LogP contribution in [0.3, 0.4) is 0 Å². The Labute approximate surface area is 214 Å². The number of aryl methyl sites for hydroxylation is 1. The minimum atomic E-state index is -0.268. The highest BCUT2D eigenvalue weighted by Crippen LogP contribution is 2.34. The van der Waals surface area contributed by atoms with Gasteiger partial charge in [0.2, 0.25) is 11.8 Å². The molecule has 8 heteroatoms. The van der Waals surface area contributed by atoms with Crippen LogP contribution in [-0.2, 0) is 17.6 Å². The molecule has 3 heterocycles. The molecule has 0 atom stereocenters. The molecule has 1 fully saturated rings. The fraction of sp³-hybridized carbons (Fsp3) is 0.393. The van der Waals surface area contributed by atoms with Crippen LogP contribution in [0.2, 0.25) is 0 Å². The Balaban J connectivity index is 1.21. The molecule has 2 aromatic carbocycles. The van der Waals surface area contributed by atoms with Crippen molar-refractivity contribution in [2.75, 3.05) is 24.5 Å². The third-order valence-electron chi connectivity index (χ3n) is 7.44. The number of carbonyl (C=O) groups is 2. The highest BCUT2D eigenvalue weighted by molar-refractivity contribution is 7.09. The first-order valence-corrected chi connectivity index (χ1v) is 13.4. The van der Waals surface area contributed by atoms with E-state index in [0.717, 1.165) is 71.6 Å². The van der Waals surface area contributed by atoms with Crippen LogP contribution in [0.15, 0.2) is 47.3 Å². The predicted molar refractivity (Wildman–Crippen MR) is 141 cm³/mol. The number of nitrogens with one attached hydrogen (secondary N) is 1. The number of fused-ring (bicyclic) bond motifs is 1. The van der Waals surface area contributed by atoms with Gasteiger partial charge in [-0.3, -0.25) is 19.4 Å². The van der Waals surface area contributed by atoms with Crippen molar-refractivity contribution in [1.82, 2.24) is 9.88 Å². The lowest BCUT2D eigenvalue weighted by Crippen LogP contribution is -2.40. The van der Waals surface area contributed by atoms with Gasteiger partial charge in [0.05, 0.1) is 4.88 Å². The van der Waals surface area contributed by atoms with Crippen LogP contribution in [0, 0.1) is 12.8 Å². The molecule has 188 valence electrons. The summed E-state index contributed by atoms with van der Waals surface area (Å²) in [5.74, 6) is 0.640. The largest absolute Gasteiger partial charge is 0.494 e. The number of aromatic amines is 1. The van der Waals surface area contributed by atoms with Gasteiger partial charge in [-0.1, -0.05) is 41.2 Å². The van der Waals surface area contributed by atoms with Crippen molar-refractivity contribution in [2.45, 2.75) is 45.4 Å². The molecular weight excluding hydrogens is 474 g/mol. The quantitative estimate of drug-likeness (QED) is 0.523.